The Hall–Kier alpha value is -2.70. The van der Waals surface area contributed by atoms with Crippen LogP contribution in [0.5, 0.6) is 0 Å². The van der Waals surface area contributed by atoms with Gasteiger partial charge in [-0.2, -0.15) is 5.10 Å². The Labute approximate surface area is 103 Å². The van der Waals surface area contributed by atoms with Crippen LogP contribution in [-0.4, -0.2) is 33.3 Å². The quantitative estimate of drug-likeness (QED) is 0.529. The molecule has 1 aliphatic rings. The molecule has 2 rings (SSSR count). The minimum atomic E-state index is -1.17. The van der Waals surface area contributed by atoms with Gasteiger partial charge >= 0.3 is 5.97 Å². The predicted molar refractivity (Wildman–Crippen MR) is 66.3 cm³/mol. The van der Waals surface area contributed by atoms with Gasteiger partial charge in [-0.15, -0.1) is 0 Å². The van der Waals surface area contributed by atoms with E-state index in [4.69, 9.17) is 10.5 Å². The predicted octanol–water partition coefficient (Wildman–Crippen LogP) is 0.381. The van der Waals surface area contributed by atoms with Crippen molar-refractivity contribution in [2.75, 3.05) is 0 Å². The number of aryl methyl sites for hydroxylation is 1. The zero-order chi connectivity index (χ0) is 13.1. The van der Waals surface area contributed by atoms with Crippen LogP contribution in [0.3, 0.4) is 0 Å². The number of hydrogen-bond acceptors (Lipinski definition) is 5. The highest BCUT2D eigenvalue weighted by Gasteiger charge is 2.13. The monoisotopic (exact) mass is 245 g/mol. The minimum absolute atomic E-state index is 0.139. The van der Waals surface area contributed by atoms with Crippen molar-refractivity contribution in [3.8, 4) is 0 Å². The summed E-state index contributed by atoms with van der Waals surface area (Å²) >= 11 is 0. The molecule has 0 amide bonds. The fraction of sp³-hybridized carbons (Fsp3) is 0.0909. The van der Waals surface area contributed by atoms with Crippen LogP contribution in [0.15, 0.2) is 34.9 Å². The van der Waals surface area contributed by atoms with Crippen LogP contribution in [0.25, 0.3) is 5.70 Å². The number of hydrogen-bond donors (Lipinski definition) is 3. The van der Waals surface area contributed by atoms with Gasteiger partial charge in [-0.25, -0.2) is 4.79 Å². The van der Waals surface area contributed by atoms with Gasteiger partial charge in [0.05, 0.1) is 23.8 Å². The summed E-state index contributed by atoms with van der Waals surface area (Å²) in [5.41, 5.74) is 1.62. The second-order valence-corrected chi connectivity index (χ2v) is 3.61. The molecule has 1 aromatic rings. The maximum Gasteiger partial charge on any atom is 0.339 e. The van der Waals surface area contributed by atoms with E-state index in [1.54, 1.807) is 30.3 Å². The molecule has 7 nitrogen and oxygen atoms in total. The number of aliphatic imine (C=N–C) groups is 1. The Morgan fingerprint density at radius 3 is 2.83 bits per heavy atom. The van der Waals surface area contributed by atoms with Gasteiger partial charge < -0.3 is 15.8 Å². The Kier molecular flexibility index (Phi) is 3.05. The Morgan fingerprint density at radius 2 is 2.39 bits per heavy atom. The van der Waals surface area contributed by atoms with E-state index in [0.717, 1.165) is 11.8 Å². The normalized spacial score (nSPS) is 16.8. The number of nitrogens with one attached hydrogen (secondary N) is 2. The lowest BCUT2D eigenvalue weighted by atomic mass is 10.2. The van der Waals surface area contributed by atoms with Crippen molar-refractivity contribution < 1.29 is 9.90 Å². The number of allylic oxidation sites excluding steroid dienone is 1. The van der Waals surface area contributed by atoms with Crippen molar-refractivity contribution in [2.24, 2.45) is 12.0 Å². The molecule has 1 aromatic heterocycles. The zero-order valence-corrected chi connectivity index (χ0v) is 9.58. The number of aliphatic carboxylic acids is 1. The van der Waals surface area contributed by atoms with Crippen LogP contribution in [0.2, 0.25) is 0 Å². The van der Waals surface area contributed by atoms with Crippen LogP contribution in [0.1, 0.15) is 5.56 Å². The maximum atomic E-state index is 10.8. The summed E-state index contributed by atoms with van der Waals surface area (Å²) in [6, 6.07) is 0. The zero-order valence-electron chi connectivity index (χ0n) is 9.58. The number of aromatic nitrogens is 2. The first-order valence-electron chi connectivity index (χ1n) is 5.09. The molecule has 0 atom stereocenters. The summed E-state index contributed by atoms with van der Waals surface area (Å²) in [5, 5.41) is 22.7. The molecular formula is C11H11N5O2. The highest BCUT2D eigenvalue weighted by Crippen LogP contribution is 2.17. The minimum Gasteiger partial charge on any atom is -0.478 e. The molecule has 0 saturated carbocycles. The molecule has 3 N–H and O–H groups in total. The summed E-state index contributed by atoms with van der Waals surface area (Å²) in [7, 11) is 1.80. The molecule has 0 saturated heterocycles. The first-order valence-corrected chi connectivity index (χ1v) is 5.09. The van der Waals surface area contributed by atoms with Gasteiger partial charge in [0.2, 0.25) is 0 Å². The largest absolute Gasteiger partial charge is 0.478 e. The number of carbonyl (C=O) groups is 1. The lowest BCUT2D eigenvalue weighted by Gasteiger charge is -2.10. The molecule has 0 spiro atoms. The van der Waals surface area contributed by atoms with E-state index in [1.165, 1.54) is 6.21 Å². The molecule has 92 valence electrons. The second kappa shape index (κ2) is 4.66. The Morgan fingerprint density at radius 1 is 1.61 bits per heavy atom. The van der Waals surface area contributed by atoms with Gasteiger partial charge in [0, 0.05) is 31.2 Å². The number of carboxylic acid groups (broad SMARTS) is 1. The Bertz CT molecular complexity index is 594. The van der Waals surface area contributed by atoms with Crippen molar-refractivity contribution in [2.45, 2.75) is 0 Å². The third-order valence-corrected chi connectivity index (χ3v) is 2.36. The average Bonchev–Trinajstić information content (AvgIpc) is 2.77. The fourth-order valence-electron chi connectivity index (χ4n) is 1.47. The molecule has 1 aliphatic heterocycles. The van der Waals surface area contributed by atoms with Gasteiger partial charge in [0.25, 0.3) is 0 Å². The standard InChI is InChI=1S/C11H11N5O2/c1-16-6-7(3-15-16)9-4-14-10(5-13-9)8(2-12)11(17)18/h2-6,12,14H,1H3,(H,17,18)/b10-8+,12-2?. The van der Waals surface area contributed by atoms with Crippen LogP contribution >= 0.6 is 0 Å². The number of carboxylic acids is 1. The van der Waals surface area contributed by atoms with E-state index in [-0.39, 0.29) is 11.3 Å². The Balaban J connectivity index is 2.26. The third kappa shape index (κ3) is 2.19. The van der Waals surface area contributed by atoms with Crippen molar-refractivity contribution >= 4 is 24.1 Å². The smallest absolute Gasteiger partial charge is 0.339 e. The molecule has 0 radical (unpaired) electrons. The third-order valence-electron chi connectivity index (χ3n) is 2.36. The molecular weight excluding hydrogens is 234 g/mol. The molecule has 0 unspecified atom stereocenters. The van der Waals surface area contributed by atoms with E-state index in [2.05, 4.69) is 15.4 Å². The lowest BCUT2D eigenvalue weighted by molar-refractivity contribution is -0.132. The van der Waals surface area contributed by atoms with Gasteiger partial charge in [-0.05, 0) is 0 Å². The van der Waals surface area contributed by atoms with E-state index in [1.807, 2.05) is 0 Å². The molecule has 2 heterocycles. The summed E-state index contributed by atoms with van der Waals surface area (Å²) in [6.45, 7) is 0. The SMILES string of the molecule is Cn1cc(C2=CN/C(=C(\C=N)C(=O)O)C=N2)cn1. The van der Waals surface area contributed by atoms with Gasteiger partial charge in [0.15, 0.2) is 0 Å². The van der Waals surface area contributed by atoms with Gasteiger partial charge in [-0.1, -0.05) is 0 Å². The van der Waals surface area contributed by atoms with Crippen LogP contribution < -0.4 is 5.32 Å². The van der Waals surface area contributed by atoms with Crippen molar-refractivity contribution in [3.05, 3.63) is 35.4 Å². The van der Waals surface area contributed by atoms with Crippen LogP contribution in [0, 0.1) is 5.41 Å². The number of rotatable bonds is 3. The van der Waals surface area contributed by atoms with Crippen molar-refractivity contribution in [3.63, 3.8) is 0 Å². The second-order valence-electron chi connectivity index (χ2n) is 3.61. The van der Waals surface area contributed by atoms with E-state index < -0.39 is 5.97 Å². The van der Waals surface area contributed by atoms with E-state index >= 15 is 0 Å². The van der Waals surface area contributed by atoms with E-state index in [9.17, 15) is 4.79 Å². The lowest BCUT2D eigenvalue weighted by Crippen LogP contribution is -2.18. The molecule has 0 aliphatic carbocycles. The van der Waals surface area contributed by atoms with Crippen molar-refractivity contribution in [1.82, 2.24) is 15.1 Å². The summed E-state index contributed by atoms with van der Waals surface area (Å²) < 4.78 is 1.65. The molecule has 0 bridgehead atoms. The van der Waals surface area contributed by atoms with Crippen molar-refractivity contribution in [1.29, 1.82) is 5.41 Å². The average molecular weight is 245 g/mol. The molecule has 0 fully saturated rings. The summed E-state index contributed by atoms with van der Waals surface area (Å²) in [6.07, 6.45) is 7.21. The highest BCUT2D eigenvalue weighted by atomic mass is 16.4. The molecule has 7 heteroatoms. The topological polar surface area (TPSA) is 103 Å². The van der Waals surface area contributed by atoms with Crippen LogP contribution in [-0.2, 0) is 11.8 Å². The first kappa shape index (κ1) is 11.8. The van der Waals surface area contributed by atoms with E-state index in [0.29, 0.717) is 5.70 Å². The molecule has 0 aromatic carbocycles. The number of nitrogens with zero attached hydrogens (tertiary/aromatic N) is 3. The highest BCUT2D eigenvalue weighted by molar-refractivity contribution is 6.12. The molecule has 18 heavy (non-hydrogen) atoms. The maximum absolute atomic E-state index is 10.8. The van der Waals surface area contributed by atoms with Gasteiger partial charge in [-0.3, -0.25) is 9.67 Å². The first-order chi connectivity index (χ1) is 8.61. The summed E-state index contributed by atoms with van der Waals surface area (Å²) in [5.74, 6) is -1.17. The van der Waals surface area contributed by atoms with Gasteiger partial charge in [0.1, 0.15) is 5.57 Å². The van der Waals surface area contributed by atoms with Crippen LogP contribution in [0.4, 0.5) is 0 Å². The summed E-state index contributed by atoms with van der Waals surface area (Å²) in [4.78, 5) is 15.0. The fourth-order valence-corrected chi connectivity index (χ4v) is 1.47.